The number of benzene rings is 3. The Kier molecular flexibility index (Phi) is 14.3. The lowest BCUT2D eigenvalue weighted by Crippen LogP contribution is -2.45. The lowest BCUT2D eigenvalue weighted by Gasteiger charge is -2.22. The zero-order chi connectivity index (χ0) is 39.3. The Hall–Kier alpha value is -5.84. The minimum atomic E-state index is -0.897. The maximum atomic E-state index is 14.0. The number of fused-ring (bicyclic) bond motifs is 2. The minimum absolute atomic E-state index is 0.0729. The molecule has 2 heterocycles. The van der Waals surface area contributed by atoms with Crippen molar-refractivity contribution in [2.75, 3.05) is 17.2 Å². The summed E-state index contributed by atoms with van der Waals surface area (Å²) in [6.07, 6.45) is 7.92. The second-order valence-electron chi connectivity index (χ2n) is 14.7. The van der Waals surface area contributed by atoms with Crippen LogP contribution in [0.4, 0.5) is 11.6 Å². The van der Waals surface area contributed by atoms with Gasteiger partial charge >= 0.3 is 0 Å². The summed E-state index contributed by atoms with van der Waals surface area (Å²) in [5.41, 5.74) is 0.289. The Bertz CT molecular complexity index is 1970. The highest BCUT2D eigenvalue weighted by Crippen LogP contribution is 2.24. The van der Waals surface area contributed by atoms with Crippen molar-refractivity contribution in [2.45, 2.75) is 85.2 Å². The number of amides is 4. The van der Waals surface area contributed by atoms with E-state index in [-0.39, 0.29) is 23.0 Å². The number of hydrogen-bond acceptors (Lipinski definition) is 7. The number of nitrogens with one attached hydrogen (secondary N) is 4. The van der Waals surface area contributed by atoms with Crippen LogP contribution in [0.5, 0.6) is 5.75 Å². The molecule has 0 radical (unpaired) electrons. The molecule has 0 unspecified atom stereocenters. The van der Waals surface area contributed by atoms with E-state index < -0.39 is 35.7 Å². The molecule has 0 fully saturated rings. The number of carbonyl (C=O) groups is 4. The number of rotatable bonds is 18. The first-order valence-electron chi connectivity index (χ1n) is 19.2. The van der Waals surface area contributed by atoms with Crippen molar-refractivity contribution in [3.05, 3.63) is 102 Å². The second-order valence-corrected chi connectivity index (χ2v) is 14.7. The van der Waals surface area contributed by atoms with Gasteiger partial charge in [-0.2, -0.15) is 0 Å². The van der Waals surface area contributed by atoms with Gasteiger partial charge < -0.3 is 26.0 Å². The van der Waals surface area contributed by atoms with E-state index in [1.54, 1.807) is 24.5 Å². The molecule has 5 aromatic rings. The molecule has 3 aromatic carbocycles. The Morgan fingerprint density at radius 2 is 1.09 bits per heavy atom. The molecule has 11 nitrogen and oxygen atoms in total. The Labute approximate surface area is 323 Å². The molecule has 288 valence electrons. The first-order chi connectivity index (χ1) is 26.5. The van der Waals surface area contributed by atoms with E-state index in [9.17, 15) is 19.2 Å². The first kappa shape index (κ1) is 40.3. The number of anilines is 2. The van der Waals surface area contributed by atoms with Gasteiger partial charge in [0.05, 0.1) is 6.61 Å². The number of ether oxygens (including phenoxy) is 1. The third kappa shape index (κ3) is 11.3. The number of pyridine rings is 2. The topological polar surface area (TPSA) is 151 Å². The number of nitrogens with zero attached hydrogens (tertiary/aromatic N) is 2. The lowest BCUT2D eigenvalue weighted by atomic mass is 10.0. The first-order valence-corrected chi connectivity index (χ1v) is 19.2. The molecule has 0 saturated carbocycles. The van der Waals surface area contributed by atoms with Crippen molar-refractivity contribution in [1.82, 2.24) is 20.6 Å². The molecule has 55 heavy (non-hydrogen) atoms. The molecule has 2 aromatic heterocycles. The Balaban J connectivity index is 1.38. The summed E-state index contributed by atoms with van der Waals surface area (Å²) in [5.74, 6) is -0.617. The van der Waals surface area contributed by atoms with Crippen LogP contribution in [0.25, 0.3) is 21.5 Å². The van der Waals surface area contributed by atoms with Gasteiger partial charge in [-0.3, -0.25) is 19.2 Å². The number of unbranched alkanes of at least 4 members (excludes halogenated alkanes) is 3. The standard InChI is InChI=1S/C44H52N6O5/c1-6-7-8-13-22-55-34-26-32(41(51)47-37(23-28(2)3)43(53)49-39-35-16-11-9-14-30(35)18-20-45-39)25-33(27-34)42(52)48-38(24-29(4)5)44(54)50-40-36-17-12-10-15-31(36)19-21-46-40/h9-12,14-21,25-29,37-38H,6-8,13,22-24H2,1-5H3,(H,47,51)(H,48,52)(H,45,49,53)(H,46,50,54)/t37-,38-/m0/s1. The highest BCUT2D eigenvalue weighted by Gasteiger charge is 2.27. The zero-order valence-electron chi connectivity index (χ0n) is 32.4. The predicted octanol–water partition coefficient (Wildman–Crippen LogP) is 8.31. The van der Waals surface area contributed by atoms with Crippen molar-refractivity contribution in [1.29, 1.82) is 0 Å². The highest BCUT2D eigenvalue weighted by atomic mass is 16.5. The fraction of sp³-hybridized carbons (Fsp3) is 0.364. The normalized spacial score (nSPS) is 12.3. The minimum Gasteiger partial charge on any atom is -0.494 e. The van der Waals surface area contributed by atoms with E-state index in [1.807, 2.05) is 88.4 Å². The van der Waals surface area contributed by atoms with Gasteiger partial charge in [-0.25, -0.2) is 9.97 Å². The molecule has 2 atom stereocenters. The van der Waals surface area contributed by atoms with Crippen molar-refractivity contribution in [2.24, 2.45) is 11.8 Å². The molecule has 5 rings (SSSR count). The van der Waals surface area contributed by atoms with E-state index in [2.05, 4.69) is 38.2 Å². The molecule has 0 saturated heterocycles. The van der Waals surface area contributed by atoms with Crippen LogP contribution in [0.1, 0.15) is 93.9 Å². The van der Waals surface area contributed by atoms with Crippen molar-refractivity contribution in [3.8, 4) is 5.75 Å². The summed E-state index contributed by atoms with van der Waals surface area (Å²) >= 11 is 0. The maximum absolute atomic E-state index is 14.0. The lowest BCUT2D eigenvalue weighted by molar-refractivity contribution is -0.119. The van der Waals surface area contributed by atoms with Crippen molar-refractivity contribution < 1.29 is 23.9 Å². The van der Waals surface area contributed by atoms with Gasteiger partial charge in [0.1, 0.15) is 29.5 Å². The fourth-order valence-corrected chi connectivity index (χ4v) is 6.40. The second kappa shape index (κ2) is 19.5. The molecule has 0 bridgehead atoms. The number of hydrogen-bond donors (Lipinski definition) is 4. The SMILES string of the molecule is CCCCCCOc1cc(C(=O)N[C@@H](CC(C)C)C(=O)Nc2nccc3ccccc23)cc(C(=O)N[C@@H](CC(C)C)C(=O)Nc2nccc3ccccc23)c1. The maximum Gasteiger partial charge on any atom is 0.252 e. The van der Waals surface area contributed by atoms with Crippen LogP contribution in [0, 0.1) is 11.8 Å². The molecule has 4 amide bonds. The monoisotopic (exact) mass is 744 g/mol. The summed E-state index contributed by atoms with van der Waals surface area (Å²) in [7, 11) is 0. The van der Waals surface area contributed by atoms with Gasteiger partial charge in [0.2, 0.25) is 11.8 Å². The van der Waals surface area contributed by atoms with Gasteiger partial charge in [-0.15, -0.1) is 0 Å². The quantitative estimate of drug-likeness (QED) is 0.0659. The van der Waals surface area contributed by atoms with E-state index in [0.717, 1.165) is 47.2 Å². The summed E-state index contributed by atoms with van der Waals surface area (Å²) in [6.45, 7) is 10.4. The van der Waals surface area contributed by atoms with Crippen LogP contribution >= 0.6 is 0 Å². The smallest absolute Gasteiger partial charge is 0.252 e. The van der Waals surface area contributed by atoms with Gasteiger partial charge in [0.25, 0.3) is 11.8 Å². The van der Waals surface area contributed by atoms with Gasteiger partial charge in [-0.1, -0.05) is 102 Å². The van der Waals surface area contributed by atoms with E-state index >= 15 is 0 Å². The van der Waals surface area contributed by atoms with Crippen LogP contribution in [0.3, 0.4) is 0 Å². The third-order valence-corrected chi connectivity index (χ3v) is 9.19. The molecular weight excluding hydrogens is 693 g/mol. The molecular formula is C44H52N6O5. The van der Waals surface area contributed by atoms with E-state index in [4.69, 9.17) is 4.74 Å². The summed E-state index contributed by atoms with van der Waals surface area (Å²) in [5, 5.41) is 15.0. The van der Waals surface area contributed by atoms with Crippen molar-refractivity contribution >= 4 is 56.8 Å². The van der Waals surface area contributed by atoms with E-state index in [1.165, 1.54) is 6.07 Å². The summed E-state index contributed by atoms with van der Waals surface area (Å²) < 4.78 is 6.07. The molecule has 0 spiro atoms. The largest absolute Gasteiger partial charge is 0.494 e. The third-order valence-electron chi connectivity index (χ3n) is 9.19. The average molecular weight is 745 g/mol. The summed E-state index contributed by atoms with van der Waals surface area (Å²) in [6, 6.07) is 21.8. The number of carbonyl (C=O) groups excluding carboxylic acids is 4. The Morgan fingerprint density at radius 1 is 0.618 bits per heavy atom. The molecule has 0 aliphatic rings. The average Bonchev–Trinajstić information content (AvgIpc) is 3.17. The number of aromatic nitrogens is 2. The van der Waals surface area contributed by atoms with Crippen molar-refractivity contribution in [3.63, 3.8) is 0 Å². The van der Waals surface area contributed by atoms with Crippen LogP contribution in [-0.2, 0) is 9.59 Å². The molecule has 0 aliphatic heterocycles. The van der Waals surface area contributed by atoms with Crippen LogP contribution in [0.15, 0.2) is 91.3 Å². The molecule has 4 N–H and O–H groups in total. The van der Waals surface area contributed by atoms with E-state index in [0.29, 0.717) is 36.8 Å². The van der Waals surface area contributed by atoms with Gasteiger partial charge in [-0.05, 0) is 72.2 Å². The Morgan fingerprint density at radius 3 is 1.55 bits per heavy atom. The molecule has 11 heteroatoms. The van der Waals surface area contributed by atoms with Crippen LogP contribution in [-0.4, -0.2) is 52.3 Å². The fourth-order valence-electron chi connectivity index (χ4n) is 6.40. The van der Waals surface area contributed by atoms with Crippen LogP contribution < -0.4 is 26.0 Å². The van der Waals surface area contributed by atoms with Gasteiger partial charge in [0, 0.05) is 34.3 Å². The zero-order valence-corrected chi connectivity index (χ0v) is 32.4. The predicted molar refractivity (Wildman–Crippen MR) is 218 cm³/mol. The van der Waals surface area contributed by atoms with Gasteiger partial charge in [0.15, 0.2) is 0 Å². The van der Waals surface area contributed by atoms with Crippen LogP contribution in [0.2, 0.25) is 0 Å². The molecule has 0 aliphatic carbocycles. The highest BCUT2D eigenvalue weighted by molar-refractivity contribution is 6.07. The summed E-state index contributed by atoms with van der Waals surface area (Å²) in [4.78, 5) is 64.1.